The monoisotopic (exact) mass is 440 g/mol. The number of amides is 1. The fourth-order valence-electron chi connectivity index (χ4n) is 4.31. The molecular formula is C21H24N6O3S. The Morgan fingerprint density at radius 2 is 2.00 bits per heavy atom. The van der Waals surface area contributed by atoms with Crippen LogP contribution in [0.4, 0.5) is 5.82 Å². The van der Waals surface area contributed by atoms with Crippen molar-refractivity contribution in [2.75, 3.05) is 38.1 Å². The van der Waals surface area contributed by atoms with Crippen molar-refractivity contribution < 1.29 is 13.2 Å². The molecule has 1 saturated heterocycles. The average Bonchev–Trinajstić information content (AvgIpc) is 3.43. The number of rotatable bonds is 4. The minimum atomic E-state index is -3.61. The molecule has 0 unspecified atom stereocenters. The highest BCUT2D eigenvalue weighted by atomic mass is 32.2. The minimum Gasteiger partial charge on any atom is -0.354 e. The number of H-pyrrole nitrogens is 1. The van der Waals surface area contributed by atoms with E-state index < -0.39 is 10.0 Å². The molecule has 1 aliphatic heterocycles. The van der Waals surface area contributed by atoms with Gasteiger partial charge >= 0.3 is 0 Å². The first-order valence-corrected chi connectivity index (χ1v) is 11.8. The summed E-state index contributed by atoms with van der Waals surface area (Å²) < 4.78 is 26.6. The highest BCUT2D eigenvalue weighted by Gasteiger charge is 2.48. The molecule has 3 aromatic rings. The maximum atomic E-state index is 13.3. The van der Waals surface area contributed by atoms with E-state index in [0.29, 0.717) is 25.2 Å². The summed E-state index contributed by atoms with van der Waals surface area (Å²) in [6.45, 7) is 2.69. The molecule has 10 heteroatoms. The number of carbonyl (C=O) groups excluding carboxylic acids is 1. The Hall–Kier alpha value is -2.98. The normalized spacial score (nSPS) is 18.4. The highest BCUT2D eigenvalue weighted by molar-refractivity contribution is 7.89. The maximum Gasteiger partial charge on any atom is 0.253 e. The molecule has 0 radical (unpaired) electrons. The number of sulfonamides is 1. The van der Waals surface area contributed by atoms with Crippen molar-refractivity contribution in [2.45, 2.75) is 17.7 Å². The molecule has 1 spiro atoms. The van der Waals surface area contributed by atoms with Crippen LogP contribution < -0.4 is 9.62 Å². The second-order valence-electron chi connectivity index (χ2n) is 8.32. The quantitative estimate of drug-likeness (QED) is 0.638. The molecule has 1 aliphatic carbocycles. The van der Waals surface area contributed by atoms with E-state index in [1.165, 1.54) is 19.2 Å². The van der Waals surface area contributed by atoms with Gasteiger partial charge in [0.15, 0.2) is 0 Å². The number of fused-ring (bicyclic) bond motifs is 1. The molecule has 3 heterocycles. The summed E-state index contributed by atoms with van der Waals surface area (Å²) in [6, 6.07) is 8.20. The average molecular weight is 441 g/mol. The van der Waals surface area contributed by atoms with Gasteiger partial charge in [0.25, 0.3) is 5.91 Å². The number of carbonyl (C=O) groups is 1. The van der Waals surface area contributed by atoms with Gasteiger partial charge in [-0.25, -0.2) is 23.1 Å². The SMILES string of the molecule is CNS(=O)(=O)c1cccc(C(=O)N2CCN(c3ncnc4[nH]ccc34)CC3(CC3)C2)c1. The van der Waals surface area contributed by atoms with Crippen LogP contribution in [0, 0.1) is 5.41 Å². The van der Waals surface area contributed by atoms with Crippen molar-refractivity contribution in [1.82, 2.24) is 24.6 Å². The standard InChI is InChI=1S/C21H24N6O3S/c1-22-31(29,30)16-4-2-3-15(11-16)20(28)27-10-9-26(12-21(13-27)6-7-21)19-17-5-8-23-18(17)24-14-25-19/h2-5,8,11,14,22H,6-7,9-10,12-13H2,1H3,(H,23,24,25). The molecule has 1 amide bonds. The van der Waals surface area contributed by atoms with Crippen LogP contribution in [0.15, 0.2) is 47.8 Å². The third-order valence-corrected chi connectivity index (χ3v) is 7.64. The van der Waals surface area contributed by atoms with E-state index in [2.05, 4.69) is 24.6 Å². The van der Waals surface area contributed by atoms with Gasteiger partial charge in [0.2, 0.25) is 10.0 Å². The first-order valence-electron chi connectivity index (χ1n) is 10.3. The van der Waals surface area contributed by atoms with Gasteiger partial charge in [-0.3, -0.25) is 4.79 Å². The van der Waals surface area contributed by atoms with Crippen molar-refractivity contribution in [1.29, 1.82) is 0 Å². The lowest BCUT2D eigenvalue weighted by atomic mass is 10.1. The van der Waals surface area contributed by atoms with Crippen molar-refractivity contribution >= 4 is 32.8 Å². The fraction of sp³-hybridized carbons (Fsp3) is 0.381. The number of aromatic nitrogens is 3. The van der Waals surface area contributed by atoms with Crippen molar-refractivity contribution in [3.8, 4) is 0 Å². The first-order chi connectivity index (χ1) is 14.9. The van der Waals surface area contributed by atoms with Crippen molar-refractivity contribution in [2.24, 2.45) is 5.41 Å². The van der Waals surface area contributed by atoms with E-state index >= 15 is 0 Å². The lowest BCUT2D eigenvalue weighted by Gasteiger charge is -2.25. The van der Waals surface area contributed by atoms with Crippen LogP contribution >= 0.6 is 0 Å². The number of benzene rings is 1. The van der Waals surface area contributed by atoms with E-state index in [9.17, 15) is 13.2 Å². The third kappa shape index (κ3) is 3.66. The predicted octanol–water partition coefficient (Wildman–Crippen LogP) is 1.61. The van der Waals surface area contributed by atoms with Gasteiger partial charge < -0.3 is 14.8 Å². The molecular weight excluding hydrogens is 416 g/mol. The third-order valence-electron chi connectivity index (χ3n) is 6.23. The maximum absolute atomic E-state index is 13.3. The van der Waals surface area contributed by atoms with Crippen LogP contribution in [0.25, 0.3) is 11.0 Å². The molecule has 1 saturated carbocycles. The molecule has 0 atom stereocenters. The summed E-state index contributed by atoms with van der Waals surface area (Å²) in [5.41, 5.74) is 1.24. The Kier molecular flexibility index (Phi) is 4.71. The minimum absolute atomic E-state index is 0.0500. The van der Waals surface area contributed by atoms with Gasteiger partial charge in [-0.15, -0.1) is 0 Å². The summed E-state index contributed by atoms with van der Waals surface area (Å²) in [7, 11) is -2.25. The van der Waals surface area contributed by atoms with Crippen LogP contribution in [0.3, 0.4) is 0 Å². The summed E-state index contributed by atoms with van der Waals surface area (Å²) in [4.78, 5) is 29.4. The lowest BCUT2D eigenvalue weighted by molar-refractivity contribution is 0.0740. The van der Waals surface area contributed by atoms with Crippen molar-refractivity contribution in [3.63, 3.8) is 0 Å². The fourth-order valence-corrected chi connectivity index (χ4v) is 5.09. The van der Waals surface area contributed by atoms with Gasteiger partial charge in [0.1, 0.15) is 17.8 Å². The van der Waals surface area contributed by atoms with Crippen LogP contribution in [0.5, 0.6) is 0 Å². The molecule has 2 aromatic heterocycles. The molecule has 0 bridgehead atoms. The zero-order valence-corrected chi connectivity index (χ0v) is 18.0. The number of nitrogens with zero attached hydrogens (tertiary/aromatic N) is 4. The summed E-state index contributed by atoms with van der Waals surface area (Å²) >= 11 is 0. The number of hydrogen-bond donors (Lipinski definition) is 2. The second kappa shape index (κ2) is 7.31. The molecule has 5 rings (SSSR count). The lowest BCUT2D eigenvalue weighted by Crippen LogP contribution is -2.36. The van der Waals surface area contributed by atoms with E-state index in [4.69, 9.17) is 0 Å². The first kappa shape index (κ1) is 20.0. The zero-order valence-electron chi connectivity index (χ0n) is 17.2. The highest BCUT2D eigenvalue weighted by Crippen LogP contribution is 2.48. The second-order valence-corrected chi connectivity index (χ2v) is 10.2. The Balaban J connectivity index is 1.42. The molecule has 1 aromatic carbocycles. The number of hydrogen-bond acceptors (Lipinski definition) is 6. The van der Waals surface area contributed by atoms with Gasteiger partial charge in [0, 0.05) is 43.4 Å². The van der Waals surface area contributed by atoms with Crippen LogP contribution in [0.1, 0.15) is 23.2 Å². The van der Waals surface area contributed by atoms with Crippen LogP contribution in [-0.2, 0) is 10.0 Å². The topological polar surface area (TPSA) is 111 Å². The van der Waals surface area contributed by atoms with E-state index in [0.717, 1.165) is 36.2 Å². The van der Waals surface area contributed by atoms with Crippen molar-refractivity contribution in [3.05, 3.63) is 48.4 Å². The smallest absolute Gasteiger partial charge is 0.253 e. The Morgan fingerprint density at radius 3 is 2.77 bits per heavy atom. The summed E-state index contributed by atoms with van der Waals surface area (Å²) in [5, 5.41) is 0.975. The summed E-state index contributed by atoms with van der Waals surface area (Å²) in [5.74, 6) is 0.740. The van der Waals surface area contributed by atoms with Gasteiger partial charge in [0.05, 0.1) is 10.3 Å². The van der Waals surface area contributed by atoms with E-state index in [1.54, 1.807) is 18.5 Å². The number of nitrogens with one attached hydrogen (secondary N) is 2. The Labute approximate surface area is 180 Å². The predicted molar refractivity (Wildman–Crippen MR) is 116 cm³/mol. The van der Waals surface area contributed by atoms with Crippen LogP contribution in [0.2, 0.25) is 0 Å². The van der Waals surface area contributed by atoms with Gasteiger partial charge in [-0.1, -0.05) is 6.07 Å². The molecule has 9 nitrogen and oxygen atoms in total. The van der Waals surface area contributed by atoms with Gasteiger partial charge in [-0.05, 0) is 44.2 Å². The Bertz CT molecular complexity index is 1250. The Morgan fingerprint density at radius 1 is 1.16 bits per heavy atom. The zero-order chi connectivity index (χ0) is 21.6. The number of anilines is 1. The molecule has 31 heavy (non-hydrogen) atoms. The van der Waals surface area contributed by atoms with Crippen LogP contribution in [-0.4, -0.2) is 67.4 Å². The number of aromatic amines is 1. The van der Waals surface area contributed by atoms with E-state index in [1.807, 2.05) is 17.2 Å². The molecule has 2 fully saturated rings. The van der Waals surface area contributed by atoms with E-state index in [-0.39, 0.29) is 16.2 Å². The molecule has 2 N–H and O–H groups in total. The molecule has 162 valence electrons. The van der Waals surface area contributed by atoms with Gasteiger partial charge in [-0.2, -0.15) is 0 Å². The molecule has 2 aliphatic rings. The largest absolute Gasteiger partial charge is 0.354 e. The summed E-state index contributed by atoms with van der Waals surface area (Å²) in [6.07, 6.45) is 5.54.